The van der Waals surface area contributed by atoms with Gasteiger partial charge in [0.2, 0.25) is 0 Å². The number of piperazine rings is 1. The van der Waals surface area contributed by atoms with Gasteiger partial charge in [-0.15, -0.1) is 0 Å². The molecule has 0 saturated carbocycles. The molecular weight excluding hydrogens is 260 g/mol. The fraction of sp³-hybridized carbons (Fsp3) is 0.500. The molecule has 1 aromatic carbocycles. The van der Waals surface area contributed by atoms with Crippen LogP contribution in [0.2, 0.25) is 5.02 Å². The Morgan fingerprint density at radius 2 is 2.21 bits per heavy atom. The van der Waals surface area contributed by atoms with E-state index in [1.54, 1.807) is 0 Å². The van der Waals surface area contributed by atoms with Gasteiger partial charge in [-0.3, -0.25) is 0 Å². The molecule has 4 nitrogen and oxygen atoms in total. The average Bonchev–Trinajstić information content (AvgIpc) is 2.36. The molecule has 0 aliphatic carbocycles. The molecule has 1 aliphatic heterocycles. The number of hydrogen-bond donors (Lipinski definition) is 3. The summed E-state index contributed by atoms with van der Waals surface area (Å²) < 4.78 is 0. The first kappa shape index (κ1) is 14.2. The van der Waals surface area contributed by atoms with Crippen molar-refractivity contribution in [1.82, 2.24) is 5.32 Å². The van der Waals surface area contributed by atoms with Crippen molar-refractivity contribution < 1.29 is 0 Å². The summed E-state index contributed by atoms with van der Waals surface area (Å²) in [5, 5.41) is 15.0. The Hall–Kier alpha value is -1.26. The summed E-state index contributed by atoms with van der Waals surface area (Å²) >= 11 is 6.19. The molecule has 0 amide bonds. The Labute approximate surface area is 119 Å². The Morgan fingerprint density at radius 3 is 2.79 bits per heavy atom. The highest BCUT2D eigenvalue weighted by atomic mass is 35.5. The van der Waals surface area contributed by atoms with Gasteiger partial charge >= 0.3 is 0 Å². The van der Waals surface area contributed by atoms with Crippen molar-refractivity contribution in [3.05, 3.63) is 22.7 Å². The summed E-state index contributed by atoms with van der Waals surface area (Å²) in [5.41, 5.74) is 2.89. The molecule has 0 aromatic heterocycles. The number of nitrogens with one attached hydrogen (secondary N) is 3. The molecule has 1 fully saturated rings. The van der Waals surface area contributed by atoms with Crippen LogP contribution in [0.1, 0.15) is 19.4 Å². The Balaban J connectivity index is 2.43. The van der Waals surface area contributed by atoms with Crippen molar-refractivity contribution in [2.75, 3.05) is 36.9 Å². The van der Waals surface area contributed by atoms with Crippen LogP contribution in [0.5, 0.6) is 0 Å². The van der Waals surface area contributed by atoms with Gasteiger partial charge in [-0.25, -0.2) is 0 Å². The number of nitrogens with zero attached hydrogens (tertiary/aromatic N) is 1. The molecule has 1 heterocycles. The second kappa shape index (κ2) is 5.39. The van der Waals surface area contributed by atoms with E-state index in [1.165, 1.54) is 6.21 Å². The monoisotopic (exact) mass is 280 g/mol. The van der Waals surface area contributed by atoms with E-state index in [0.717, 1.165) is 36.6 Å². The third-order valence-corrected chi connectivity index (χ3v) is 3.67. The predicted molar refractivity (Wildman–Crippen MR) is 83.2 cm³/mol. The number of halogens is 1. The summed E-state index contributed by atoms with van der Waals surface area (Å²) in [7, 11) is 1.85. The molecule has 0 radical (unpaired) electrons. The number of rotatable bonds is 3. The molecule has 0 bridgehead atoms. The van der Waals surface area contributed by atoms with Crippen LogP contribution >= 0.6 is 11.6 Å². The fourth-order valence-corrected chi connectivity index (χ4v) is 2.78. The lowest BCUT2D eigenvalue weighted by atomic mass is 10.0. The lowest BCUT2D eigenvalue weighted by Gasteiger charge is -2.41. The van der Waals surface area contributed by atoms with Crippen molar-refractivity contribution >= 4 is 29.2 Å². The molecule has 5 heteroatoms. The van der Waals surface area contributed by atoms with Gasteiger partial charge in [-0.2, -0.15) is 0 Å². The molecule has 0 unspecified atom stereocenters. The van der Waals surface area contributed by atoms with E-state index in [-0.39, 0.29) is 5.54 Å². The molecule has 1 aliphatic rings. The van der Waals surface area contributed by atoms with Gasteiger partial charge in [-0.1, -0.05) is 11.6 Å². The Bertz CT molecular complexity index is 485. The molecule has 1 saturated heterocycles. The third-order valence-electron chi connectivity index (χ3n) is 3.45. The van der Waals surface area contributed by atoms with E-state index >= 15 is 0 Å². The lowest BCUT2D eigenvalue weighted by molar-refractivity contribution is 0.353. The van der Waals surface area contributed by atoms with E-state index < -0.39 is 0 Å². The molecule has 2 rings (SSSR count). The van der Waals surface area contributed by atoms with Crippen LogP contribution < -0.4 is 15.5 Å². The predicted octanol–water partition coefficient (Wildman–Crippen LogP) is 2.57. The second-order valence-electron chi connectivity index (χ2n) is 5.51. The summed E-state index contributed by atoms with van der Waals surface area (Å²) in [6.45, 7) is 7.14. The third kappa shape index (κ3) is 3.01. The van der Waals surface area contributed by atoms with Crippen LogP contribution in [0.4, 0.5) is 11.4 Å². The lowest BCUT2D eigenvalue weighted by Crippen LogP contribution is -2.57. The quantitative estimate of drug-likeness (QED) is 0.746. The summed E-state index contributed by atoms with van der Waals surface area (Å²) in [4.78, 5) is 2.30. The molecular formula is C14H21ClN4. The van der Waals surface area contributed by atoms with Gasteiger partial charge in [0.25, 0.3) is 0 Å². The zero-order chi connectivity index (χ0) is 14.0. The molecule has 104 valence electrons. The van der Waals surface area contributed by atoms with E-state index in [4.69, 9.17) is 17.0 Å². The average molecular weight is 281 g/mol. The summed E-state index contributed by atoms with van der Waals surface area (Å²) in [6.07, 6.45) is 1.40. The molecule has 0 spiro atoms. The molecule has 19 heavy (non-hydrogen) atoms. The van der Waals surface area contributed by atoms with Crippen LogP contribution in [0.25, 0.3) is 0 Å². The zero-order valence-electron chi connectivity index (χ0n) is 11.7. The summed E-state index contributed by atoms with van der Waals surface area (Å²) in [5.74, 6) is 0. The standard InChI is InChI=1S/C14H21ClN4/c1-14(2)9-19(5-4-18-14)13-7-10(15)6-12(17-3)11(13)8-16/h6-8,16-18H,4-5,9H2,1-3H3. The smallest absolute Gasteiger partial charge is 0.0492 e. The fourth-order valence-electron chi connectivity index (χ4n) is 2.57. The topological polar surface area (TPSA) is 51.1 Å². The normalized spacial score (nSPS) is 18.2. The first-order chi connectivity index (χ1) is 8.96. The van der Waals surface area contributed by atoms with Crippen LogP contribution in [0.15, 0.2) is 12.1 Å². The Kier molecular flexibility index (Phi) is 4.02. The first-order valence-corrected chi connectivity index (χ1v) is 6.86. The van der Waals surface area contributed by atoms with Crippen molar-refractivity contribution in [2.24, 2.45) is 0 Å². The van der Waals surface area contributed by atoms with E-state index in [0.29, 0.717) is 5.02 Å². The molecule has 3 N–H and O–H groups in total. The van der Waals surface area contributed by atoms with Gasteiger partial charge in [0.1, 0.15) is 0 Å². The maximum atomic E-state index is 7.67. The van der Waals surface area contributed by atoms with E-state index in [1.807, 2.05) is 19.2 Å². The van der Waals surface area contributed by atoms with Gasteiger partial charge in [0.05, 0.1) is 0 Å². The minimum Gasteiger partial charge on any atom is -0.387 e. The largest absolute Gasteiger partial charge is 0.387 e. The first-order valence-electron chi connectivity index (χ1n) is 6.48. The van der Waals surface area contributed by atoms with Gasteiger partial charge in [0, 0.05) is 60.4 Å². The van der Waals surface area contributed by atoms with Crippen LogP contribution in [0, 0.1) is 5.41 Å². The maximum Gasteiger partial charge on any atom is 0.0492 e. The van der Waals surface area contributed by atoms with Crippen LogP contribution in [-0.4, -0.2) is 38.4 Å². The number of anilines is 2. The van der Waals surface area contributed by atoms with Crippen LogP contribution in [0.3, 0.4) is 0 Å². The number of benzene rings is 1. The van der Waals surface area contributed by atoms with Gasteiger partial charge in [-0.05, 0) is 26.0 Å². The van der Waals surface area contributed by atoms with Crippen molar-refractivity contribution in [2.45, 2.75) is 19.4 Å². The Morgan fingerprint density at radius 1 is 1.47 bits per heavy atom. The van der Waals surface area contributed by atoms with Crippen molar-refractivity contribution in [1.29, 1.82) is 5.41 Å². The highest BCUT2D eigenvalue weighted by molar-refractivity contribution is 6.31. The minimum atomic E-state index is 0.0691. The van der Waals surface area contributed by atoms with Gasteiger partial charge < -0.3 is 20.9 Å². The molecule has 0 atom stereocenters. The highest BCUT2D eigenvalue weighted by Gasteiger charge is 2.27. The van der Waals surface area contributed by atoms with Crippen molar-refractivity contribution in [3.63, 3.8) is 0 Å². The minimum absolute atomic E-state index is 0.0691. The number of hydrogen-bond acceptors (Lipinski definition) is 4. The maximum absolute atomic E-state index is 7.67. The molecule has 1 aromatic rings. The summed E-state index contributed by atoms with van der Waals surface area (Å²) in [6, 6.07) is 3.81. The van der Waals surface area contributed by atoms with Crippen LogP contribution in [-0.2, 0) is 0 Å². The van der Waals surface area contributed by atoms with E-state index in [9.17, 15) is 0 Å². The van der Waals surface area contributed by atoms with Gasteiger partial charge in [0.15, 0.2) is 0 Å². The SMILES string of the molecule is CNc1cc(Cl)cc(N2CCNC(C)(C)C2)c1C=N. The highest BCUT2D eigenvalue weighted by Crippen LogP contribution is 2.32. The van der Waals surface area contributed by atoms with E-state index in [2.05, 4.69) is 29.4 Å². The second-order valence-corrected chi connectivity index (χ2v) is 5.95. The van der Waals surface area contributed by atoms with Crippen molar-refractivity contribution in [3.8, 4) is 0 Å². The zero-order valence-corrected chi connectivity index (χ0v) is 12.4.